The van der Waals surface area contributed by atoms with Gasteiger partial charge < -0.3 is 10.0 Å². The summed E-state index contributed by atoms with van der Waals surface area (Å²) in [6.07, 6.45) is 5.96. The summed E-state index contributed by atoms with van der Waals surface area (Å²) in [5.74, 6) is 1.37. The smallest absolute Gasteiger partial charge is 0.127 e. The molecule has 3 heteroatoms. The summed E-state index contributed by atoms with van der Waals surface area (Å²) < 4.78 is 0. The number of anilines is 1. The fraction of sp³-hybridized carbons (Fsp3) is 0.643. The first-order valence-corrected chi connectivity index (χ1v) is 6.44. The second kappa shape index (κ2) is 4.65. The van der Waals surface area contributed by atoms with Crippen LogP contribution in [0.25, 0.3) is 0 Å². The van der Waals surface area contributed by atoms with Crippen LogP contribution in [-0.2, 0) is 5.60 Å². The van der Waals surface area contributed by atoms with E-state index in [0.29, 0.717) is 5.92 Å². The summed E-state index contributed by atoms with van der Waals surface area (Å²) in [5, 5.41) is 10.8. The fourth-order valence-electron chi connectivity index (χ4n) is 2.43. The molecule has 1 unspecified atom stereocenters. The summed E-state index contributed by atoms with van der Waals surface area (Å²) in [4.78, 5) is 6.37. The topological polar surface area (TPSA) is 36.4 Å². The molecule has 1 aliphatic rings. The predicted octanol–water partition coefficient (Wildman–Crippen LogP) is 2.55. The maximum absolute atomic E-state index is 10.8. The Kier molecular flexibility index (Phi) is 3.38. The Labute approximate surface area is 103 Å². The fourth-order valence-corrected chi connectivity index (χ4v) is 2.43. The second-order valence-electron chi connectivity index (χ2n) is 5.25. The molecule has 0 amide bonds. The lowest BCUT2D eigenvalue weighted by Crippen LogP contribution is -2.28. The summed E-state index contributed by atoms with van der Waals surface area (Å²) in [7, 11) is 3.95. The van der Waals surface area contributed by atoms with Crippen LogP contribution >= 0.6 is 0 Å². The molecule has 1 N–H and O–H groups in total. The van der Waals surface area contributed by atoms with Crippen LogP contribution in [0.15, 0.2) is 18.3 Å². The third-order valence-corrected chi connectivity index (χ3v) is 3.59. The van der Waals surface area contributed by atoms with Crippen molar-refractivity contribution in [1.82, 2.24) is 4.98 Å². The second-order valence-corrected chi connectivity index (χ2v) is 5.25. The van der Waals surface area contributed by atoms with E-state index in [1.165, 1.54) is 0 Å². The Balaban J connectivity index is 2.24. The molecule has 0 bridgehead atoms. The first-order valence-electron chi connectivity index (χ1n) is 6.44. The zero-order valence-corrected chi connectivity index (χ0v) is 11.0. The van der Waals surface area contributed by atoms with Gasteiger partial charge in [-0.05, 0) is 31.2 Å². The van der Waals surface area contributed by atoms with Crippen molar-refractivity contribution in [2.24, 2.45) is 5.92 Å². The summed E-state index contributed by atoms with van der Waals surface area (Å²) in [5.41, 5.74) is 0.333. The number of hydrogen-bond acceptors (Lipinski definition) is 3. The van der Waals surface area contributed by atoms with E-state index in [1.54, 1.807) is 0 Å². The van der Waals surface area contributed by atoms with Crippen molar-refractivity contribution in [3.8, 4) is 0 Å². The first-order chi connectivity index (χ1) is 8.08. The average molecular weight is 234 g/mol. The molecular formula is C14H22N2O. The third kappa shape index (κ3) is 2.44. The van der Waals surface area contributed by atoms with Crippen molar-refractivity contribution in [2.45, 2.75) is 38.2 Å². The van der Waals surface area contributed by atoms with Gasteiger partial charge in [-0.25, -0.2) is 4.98 Å². The zero-order valence-electron chi connectivity index (χ0n) is 11.0. The van der Waals surface area contributed by atoms with Crippen LogP contribution < -0.4 is 4.90 Å². The quantitative estimate of drug-likeness (QED) is 0.850. The first kappa shape index (κ1) is 12.4. The molecule has 1 saturated carbocycles. The molecule has 1 aromatic rings. The van der Waals surface area contributed by atoms with Gasteiger partial charge in [0.05, 0.1) is 5.60 Å². The standard InChI is InChI=1S/C14H22N2O/c1-4-9-14(17,11-5-6-11)12-7-8-13(15-10-12)16(2)3/h7-8,10-11,17H,4-6,9H2,1-3H3. The normalized spacial score (nSPS) is 18.8. The van der Waals surface area contributed by atoms with Crippen LogP contribution in [0.3, 0.4) is 0 Å². The predicted molar refractivity (Wildman–Crippen MR) is 70.1 cm³/mol. The van der Waals surface area contributed by atoms with Crippen LogP contribution in [0.1, 0.15) is 38.2 Å². The molecule has 0 aliphatic heterocycles. The van der Waals surface area contributed by atoms with E-state index >= 15 is 0 Å². The molecule has 0 radical (unpaired) electrons. The van der Waals surface area contributed by atoms with Crippen molar-refractivity contribution >= 4 is 5.82 Å². The molecule has 0 aromatic carbocycles. The largest absolute Gasteiger partial charge is 0.385 e. The lowest BCUT2D eigenvalue weighted by atomic mass is 9.86. The highest BCUT2D eigenvalue weighted by molar-refractivity contribution is 5.38. The Morgan fingerprint density at radius 2 is 2.12 bits per heavy atom. The van der Waals surface area contributed by atoms with Crippen molar-refractivity contribution in [3.63, 3.8) is 0 Å². The molecule has 1 heterocycles. The van der Waals surface area contributed by atoms with E-state index in [-0.39, 0.29) is 0 Å². The molecule has 94 valence electrons. The van der Waals surface area contributed by atoms with Crippen LogP contribution in [-0.4, -0.2) is 24.2 Å². The lowest BCUT2D eigenvalue weighted by Gasteiger charge is -2.28. The number of hydrogen-bond donors (Lipinski definition) is 1. The number of aromatic nitrogens is 1. The molecule has 3 nitrogen and oxygen atoms in total. The number of pyridine rings is 1. The van der Waals surface area contributed by atoms with Gasteiger partial charge in [0.2, 0.25) is 0 Å². The average Bonchev–Trinajstić information content (AvgIpc) is 3.13. The highest BCUT2D eigenvalue weighted by atomic mass is 16.3. The minimum Gasteiger partial charge on any atom is -0.385 e. The molecule has 1 aliphatic carbocycles. The number of nitrogens with zero attached hydrogens (tertiary/aromatic N) is 2. The Bertz CT molecular complexity index is 370. The van der Waals surface area contributed by atoms with Crippen LogP contribution in [0.5, 0.6) is 0 Å². The van der Waals surface area contributed by atoms with Gasteiger partial charge in [0.25, 0.3) is 0 Å². The van der Waals surface area contributed by atoms with Crippen LogP contribution in [0.2, 0.25) is 0 Å². The van der Waals surface area contributed by atoms with Crippen molar-refractivity contribution in [2.75, 3.05) is 19.0 Å². The Hall–Kier alpha value is -1.09. The van der Waals surface area contributed by atoms with Crippen molar-refractivity contribution in [1.29, 1.82) is 0 Å². The van der Waals surface area contributed by atoms with Crippen molar-refractivity contribution in [3.05, 3.63) is 23.9 Å². The third-order valence-electron chi connectivity index (χ3n) is 3.59. The molecule has 0 saturated heterocycles. The maximum atomic E-state index is 10.8. The highest BCUT2D eigenvalue weighted by Crippen LogP contribution is 2.48. The summed E-state index contributed by atoms with van der Waals surface area (Å²) in [6, 6.07) is 4.01. The molecule has 17 heavy (non-hydrogen) atoms. The number of rotatable bonds is 5. The van der Waals surface area contributed by atoms with Crippen molar-refractivity contribution < 1.29 is 5.11 Å². The van der Waals surface area contributed by atoms with Gasteiger partial charge >= 0.3 is 0 Å². The Morgan fingerprint density at radius 1 is 1.41 bits per heavy atom. The van der Waals surface area contributed by atoms with E-state index < -0.39 is 5.60 Å². The van der Waals surface area contributed by atoms with E-state index in [4.69, 9.17) is 0 Å². The molecule has 1 fully saturated rings. The zero-order chi connectivity index (χ0) is 12.5. The van der Waals surface area contributed by atoms with Crippen LogP contribution in [0.4, 0.5) is 5.82 Å². The lowest BCUT2D eigenvalue weighted by molar-refractivity contribution is 0.00309. The van der Waals surface area contributed by atoms with Gasteiger partial charge in [0.15, 0.2) is 0 Å². The monoisotopic (exact) mass is 234 g/mol. The van der Waals surface area contributed by atoms with Gasteiger partial charge in [-0.15, -0.1) is 0 Å². The minimum atomic E-state index is -0.646. The summed E-state index contributed by atoms with van der Waals surface area (Å²) >= 11 is 0. The van der Waals surface area contributed by atoms with Gasteiger partial charge in [0, 0.05) is 25.9 Å². The molecule has 1 atom stereocenters. The molecule has 2 rings (SSSR count). The number of aliphatic hydroxyl groups is 1. The van der Waals surface area contributed by atoms with E-state index in [9.17, 15) is 5.11 Å². The van der Waals surface area contributed by atoms with E-state index in [1.807, 2.05) is 37.3 Å². The minimum absolute atomic E-state index is 0.439. The van der Waals surface area contributed by atoms with Gasteiger partial charge in [-0.1, -0.05) is 19.4 Å². The van der Waals surface area contributed by atoms with E-state index in [0.717, 1.165) is 37.1 Å². The SMILES string of the molecule is CCCC(O)(c1ccc(N(C)C)nc1)C1CC1. The van der Waals surface area contributed by atoms with Gasteiger partial charge in [-0.2, -0.15) is 0 Å². The summed E-state index contributed by atoms with van der Waals surface area (Å²) in [6.45, 7) is 2.12. The van der Waals surface area contributed by atoms with Gasteiger partial charge in [0.1, 0.15) is 5.82 Å². The maximum Gasteiger partial charge on any atom is 0.127 e. The van der Waals surface area contributed by atoms with E-state index in [2.05, 4.69) is 11.9 Å². The Morgan fingerprint density at radius 3 is 2.53 bits per heavy atom. The highest BCUT2D eigenvalue weighted by Gasteiger charge is 2.44. The van der Waals surface area contributed by atoms with Crippen LogP contribution in [0, 0.1) is 5.92 Å². The molecule has 1 aromatic heterocycles. The molecular weight excluding hydrogens is 212 g/mol. The molecule has 0 spiro atoms. The van der Waals surface area contributed by atoms with Gasteiger partial charge in [-0.3, -0.25) is 0 Å².